The van der Waals surface area contributed by atoms with Crippen molar-refractivity contribution in [3.05, 3.63) is 11.6 Å². The molecule has 0 atom stereocenters. The third-order valence-electron chi connectivity index (χ3n) is 1.96. The molecular weight excluding hydrogens is 134 g/mol. The Morgan fingerprint density at radius 2 is 2.09 bits per heavy atom. The highest BCUT2D eigenvalue weighted by Gasteiger charge is 1.93. The minimum Gasteiger partial charge on any atom is -0.319 e. The number of nitrogens with one attached hydrogen (secondary N) is 1. The van der Waals surface area contributed by atoms with Gasteiger partial charge in [0.05, 0.1) is 0 Å². The van der Waals surface area contributed by atoms with E-state index in [1.54, 1.807) is 5.57 Å². The van der Waals surface area contributed by atoms with Crippen LogP contribution in [-0.4, -0.2) is 13.6 Å². The van der Waals surface area contributed by atoms with Crippen molar-refractivity contribution in [2.75, 3.05) is 13.6 Å². The highest BCUT2D eigenvalue weighted by Crippen LogP contribution is 2.09. The lowest BCUT2D eigenvalue weighted by Gasteiger charge is -2.04. The average molecular weight is 155 g/mol. The first kappa shape index (κ1) is 10.7. The SMILES string of the molecule is C/C=C(\CCCC)CCNC. The molecule has 0 aliphatic rings. The molecule has 0 spiro atoms. The van der Waals surface area contributed by atoms with Crippen LogP contribution in [0, 0.1) is 0 Å². The predicted octanol–water partition coefficient (Wildman–Crippen LogP) is 2.73. The number of allylic oxidation sites excluding steroid dienone is 1. The third kappa shape index (κ3) is 6.11. The number of hydrogen-bond acceptors (Lipinski definition) is 1. The average Bonchev–Trinajstić information content (AvgIpc) is 2.05. The van der Waals surface area contributed by atoms with E-state index in [9.17, 15) is 0 Å². The first-order valence-corrected chi connectivity index (χ1v) is 4.63. The van der Waals surface area contributed by atoms with Gasteiger partial charge in [0.1, 0.15) is 0 Å². The molecule has 1 nitrogen and oxygen atoms in total. The summed E-state index contributed by atoms with van der Waals surface area (Å²) in [5.41, 5.74) is 1.60. The summed E-state index contributed by atoms with van der Waals surface area (Å²) in [6, 6.07) is 0. The number of hydrogen-bond donors (Lipinski definition) is 1. The molecule has 66 valence electrons. The van der Waals surface area contributed by atoms with Crippen LogP contribution in [-0.2, 0) is 0 Å². The summed E-state index contributed by atoms with van der Waals surface area (Å²) in [6.45, 7) is 5.50. The van der Waals surface area contributed by atoms with Gasteiger partial charge in [0.25, 0.3) is 0 Å². The van der Waals surface area contributed by atoms with Crippen LogP contribution in [0.2, 0.25) is 0 Å². The monoisotopic (exact) mass is 155 g/mol. The fourth-order valence-corrected chi connectivity index (χ4v) is 1.10. The molecule has 1 N–H and O–H groups in total. The summed E-state index contributed by atoms with van der Waals surface area (Å²) < 4.78 is 0. The van der Waals surface area contributed by atoms with Gasteiger partial charge < -0.3 is 5.32 Å². The van der Waals surface area contributed by atoms with Crippen molar-refractivity contribution in [3.63, 3.8) is 0 Å². The van der Waals surface area contributed by atoms with Crippen molar-refractivity contribution >= 4 is 0 Å². The molecule has 0 aromatic heterocycles. The van der Waals surface area contributed by atoms with Crippen LogP contribution in [0.5, 0.6) is 0 Å². The van der Waals surface area contributed by atoms with Crippen LogP contribution in [0.3, 0.4) is 0 Å². The minimum atomic E-state index is 1.11. The van der Waals surface area contributed by atoms with Crippen molar-refractivity contribution in [1.29, 1.82) is 0 Å². The molecule has 0 saturated heterocycles. The molecule has 0 aromatic rings. The topological polar surface area (TPSA) is 12.0 Å². The van der Waals surface area contributed by atoms with E-state index >= 15 is 0 Å². The molecule has 0 bridgehead atoms. The van der Waals surface area contributed by atoms with Gasteiger partial charge in [-0.1, -0.05) is 25.0 Å². The van der Waals surface area contributed by atoms with Crippen LogP contribution in [0.25, 0.3) is 0 Å². The zero-order valence-electron chi connectivity index (χ0n) is 8.11. The van der Waals surface area contributed by atoms with E-state index in [2.05, 4.69) is 25.2 Å². The predicted molar refractivity (Wildman–Crippen MR) is 51.8 cm³/mol. The maximum Gasteiger partial charge on any atom is -0.00146 e. The van der Waals surface area contributed by atoms with Crippen LogP contribution in [0.15, 0.2) is 11.6 Å². The van der Waals surface area contributed by atoms with Gasteiger partial charge >= 0.3 is 0 Å². The molecule has 0 radical (unpaired) electrons. The zero-order valence-corrected chi connectivity index (χ0v) is 8.11. The second kappa shape index (κ2) is 7.80. The Bertz CT molecular complexity index is 95.4. The highest BCUT2D eigenvalue weighted by molar-refractivity contribution is 5.00. The van der Waals surface area contributed by atoms with Crippen molar-refractivity contribution in [2.45, 2.75) is 39.5 Å². The molecule has 0 amide bonds. The number of rotatable bonds is 6. The van der Waals surface area contributed by atoms with E-state index in [4.69, 9.17) is 0 Å². The molecule has 11 heavy (non-hydrogen) atoms. The van der Waals surface area contributed by atoms with Gasteiger partial charge in [0.15, 0.2) is 0 Å². The number of unbranched alkanes of at least 4 members (excludes halogenated alkanes) is 1. The largest absolute Gasteiger partial charge is 0.319 e. The van der Waals surface area contributed by atoms with Gasteiger partial charge in [-0.2, -0.15) is 0 Å². The lowest BCUT2D eigenvalue weighted by Crippen LogP contribution is -2.08. The third-order valence-corrected chi connectivity index (χ3v) is 1.96. The fourth-order valence-electron chi connectivity index (χ4n) is 1.10. The van der Waals surface area contributed by atoms with E-state index in [1.165, 1.54) is 25.7 Å². The Hall–Kier alpha value is -0.300. The molecule has 0 fully saturated rings. The van der Waals surface area contributed by atoms with Crippen molar-refractivity contribution in [1.82, 2.24) is 5.32 Å². The molecule has 0 rings (SSSR count). The van der Waals surface area contributed by atoms with E-state index < -0.39 is 0 Å². The Kier molecular flexibility index (Phi) is 7.59. The molecule has 0 heterocycles. The molecule has 0 aliphatic carbocycles. The van der Waals surface area contributed by atoms with Crippen LogP contribution >= 0.6 is 0 Å². The van der Waals surface area contributed by atoms with Gasteiger partial charge in [0.2, 0.25) is 0 Å². The molecule has 1 heteroatoms. The minimum absolute atomic E-state index is 1.11. The normalized spacial score (nSPS) is 12.1. The molecular formula is C10H21N. The van der Waals surface area contributed by atoms with Crippen LogP contribution in [0.1, 0.15) is 39.5 Å². The fraction of sp³-hybridized carbons (Fsp3) is 0.800. The van der Waals surface area contributed by atoms with Crippen molar-refractivity contribution in [2.24, 2.45) is 0 Å². The quantitative estimate of drug-likeness (QED) is 0.582. The van der Waals surface area contributed by atoms with Crippen LogP contribution < -0.4 is 5.32 Å². The Balaban J connectivity index is 3.43. The summed E-state index contributed by atoms with van der Waals surface area (Å²) in [6.07, 6.45) is 7.40. The second-order valence-electron chi connectivity index (χ2n) is 2.90. The van der Waals surface area contributed by atoms with Gasteiger partial charge in [-0.3, -0.25) is 0 Å². The summed E-state index contributed by atoms with van der Waals surface area (Å²) in [7, 11) is 2.01. The Morgan fingerprint density at radius 1 is 1.36 bits per heavy atom. The lowest BCUT2D eigenvalue weighted by atomic mass is 10.1. The van der Waals surface area contributed by atoms with Crippen molar-refractivity contribution in [3.8, 4) is 0 Å². The van der Waals surface area contributed by atoms with Gasteiger partial charge in [0, 0.05) is 0 Å². The lowest BCUT2D eigenvalue weighted by molar-refractivity contribution is 0.716. The first-order valence-electron chi connectivity index (χ1n) is 4.63. The van der Waals surface area contributed by atoms with E-state index in [-0.39, 0.29) is 0 Å². The molecule has 0 aromatic carbocycles. The Labute approximate surface area is 70.9 Å². The Morgan fingerprint density at radius 3 is 2.55 bits per heavy atom. The molecule has 0 saturated carbocycles. The summed E-state index contributed by atoms with van der Waals surface area (Å²) in [5.74, 6) is 0. The van der Waals surface area contributed by atoms with E-state index in [0.29, 0.717) is 0 Å². The second-order valence-corrected chi connectivity index (χ2v) is 2.90. The zero-order chi connectivity index (χ0) is 8.53. The van der Waals surface area contributed by atoms with Gasteiger partial charge in [-0.05, 0) is 39.8 Å². The standard InChI is InChI=1S/C10H21N/c1-4-6-7-10(5-2)8-9-11-3/h5,11H,4,6-9H2,1-3H3/b10-5+. The molecule has 0 unspecified atom stereocenters. The highest BCUT2D eigenvalue weighted by atomic mass is 14.8. The maximum atomic E-state index is 3.17. The summed E-state index contributed by atoms with van der Waals surface area (Å²) in [4.78, 5) is 0. The first-order chi connectivity index (χ1) is 5.35. The van der Waals surface area contributed by atoms with Crippen LogP contribution in [0.4, 0.5) is 0 Å². The smallest absolute Gasteiger partial charge is 0.00146 e. The van der Waals surface area contributed by atoms with Crippen molar-refractivity contribution < 1.29 is 0 Å². The summed E-state index contributed by atoms with van der Waals surface area (Å²) >= 11 is 0. The van der Waals surface area contributed by atoms with Gasteiger partial charge in [-0.15, -0.1) is 0 Å². The summed E-state index contributed by atoms with van der Waals surface area (Å²) in [5, 5.41) is 3.17. The maximum absolute atomic E-state index is 3.17. The van der Waals surface area contributed by atoms with E-state index in [1.807, 2.05) is 7.05 Å². The molecule has 0 aliphatic heterocycles. The van der Waals surface area contributed by atoms with Gasteiger partial charge in [-0.25, -0.2) is 0 Å². The van der Waals surface area contributed by atoms with E-state index in [0.717, 1.165) is 6.54 Å².